The summed E-state index contributed by atoms with van der Waals surface area (Å²) in [5.74, 6) is 0. The fourth-order valence-electron chi connectivity index (χ4n) is 1.48. The summed E-state index contributed by atoms with van der Waals surface area (Å²) < 4.78 is 28.0. The van der Waals surface area contributed by atoms with Gasteiger partial charge in [-0.3, -0.25) is 0 Å². The van der Waals surface area contributed by atoms with Crippen molar-refractivity contribution in [3.05, 3.63) is 0 Å². The maximum atomic E-state index is 11.8. The van der Waals surface area contributed by atoms with Gasteiger partial charge in [0.25, 0.3) is 0 Å². The van der Waals surface area contributed by atoms with Crippen molar-refractivity contribution in [2.45, 2.75) is 51.6 Å². The van der Waals surface area contributed by atoms with Crippen LogP contribution in [0.4, 0.5) is 4.79 Å². The molecular formula is C11H22N2O2. The Hall–Kier alpha value is -0.770. The summed E-state index contributed by atoms with van der Waals surface area (Å²) in [5, 5.41) is 5.66. The summed E-state index contributed by atoms with van der Waals surface area (Å²) in [6.45, 7) is 4.17. The van der Waals surface area contributed by atoms with E-state index in [-0.39, 0.29) is 0 Å². The summed E-state index contributed by atoms with van der Waals surface area (Å²) in [7, 11) is 0. The van der Waals surface area contributed by atoms with Gasteiger partial charge in [0.05, 0.1) is 0 Å². The fourth-order valence-corrected chi connectivity index (χ4v) is 1.48. The second-order valence-corrected chi connectivity index (χ2v) is 4.96. The van der Waals surface area contributed by atoms with Crippen molar-refractivity contribution in [1.29, 1.82) is 0 Å². The van der Waals surface area contributed by atoms with E-state index in [1.165, 1.54) is 0 Å². The molecule has 0 atom stereocenters. The molecule has 2 N–H and O–H groups in total. The van der Waals surface area contributed by atoms with E-state index in [0.717, 1.165) is 0 Å². The highest BCUT2D eigenvalue weighted by Gasteiger charge is 2.30. The van der Waals surface area contributed by atoms with E-state index in [2.05, 4.69) is 10.6 Å². The van der Waals surface area contributed by atoms with E-state index >= 15 is 0 Å². The predicted octanol–water partition coefficient (Wildman–Crippen LogP) is 1.65. The van der Waals surface area contributed by atoms with Gasteiger partial charge in [-0.1, -0.05) is 0 Å². The number of amides is 1. The van der Waals surface area contributed by atoms with Crippen molar-refractivity contribution >= 4 is 6.09 Å². The lowest BCUT2D eigenvalue weighted by atomic mass is 9.97. The minimum atomic E-state index is -2.23. The lowest BCUT2D eigenvalue weighted by molar-refractivity contribution is 0.0444. The van der Waals surface area contributed by atoms with Gasteiger partial charge in [0.2, 0.25) is 0 Å². The molecule has 0 bridgehead atoms. The first kappa shape index (κ1) is 8.39. The molecule has 1 saturated heterocycles. The summed E-state index contributed by atoms with van der Waals surface area (Å²) in [5.41, 5.74) is -1.81. The molecule has 4 heteroatoms. The minimum absolute atomic E-state index is 0.378. The van der Waals surface area contributed by atoms with Crippen LogP contribution in [-0.4, -0.2) is 30.3 Å². The van der Waals surface area contributed by atoms with Gasteiger partial charge in [0, 0.05) is 9.65 Å². The molecule has 1 fully saturated rings. The van der Waals surface area contributed by atoms with E-state index in [9.17, 15) is 4.79 Å². The molecule has 1 aliphatic heterocycles. The van der Waals surface area contributed by atoms with Gasteiger partial charge < -0.3 is 15.4 Å². The van der Waals surface area contributed by atoms with Gasteiger partial charge in [-0.2, -0.15) is 0 Å². The van der Waals surface area contributed by atoms with Crippen LogP contribution in [0.5, 0.6) is 0 Å². The lowest BCUT2D eigenvalue weighted by Gasteiger charge is -2.35. The van der Waals surface area contributed by atoms with E-state index in [1.54, 1.807) is 20.8 Å². The Bertz CT molecular complexity index is 304. The number of carbonyl (C=O) groups is 1. The second kappa shape index (κ2) is 4.39. The minimum Gasteiger partial charge on any atom is -0.444 e. The molecule has 88 valence electrons. The number of hydrogen-bond donors (Lipinski definition) is 2. The summed E-state index contributed by atoms with van der Waals surface area (Å²) in [6, 6.07) is 0. The van der Waals surface area contributed by atoms with Gasteiger partial charge in [-0.25, -0.2) is 4.79 Å². The Morgan fingerprint density at radius 2 is 2.07 bits per heavy atom. The molecule has 0 aromatic carbocycles. The first-order valence-electron chi connectivity index (χ1n) is 6.78. The molecule has 1 heterocycles. The normalized spacial score (nSPS) is 24.6. The highest BCUT2D eigenvalue weighted by atomic mass is 16.6. The lowest BCUT2D eigenvalue weighted by Crippen LogP contribution is -2.53. The van der Waals surface area contributed by atoms with Crippen molar-refractivity contribution < 1.29 is 13.6 Å². The third-order valence-corrected chi connectivity index (χ3v) is 2.20. The standard InChI is InChI=1S/C11H22N2O2/c1-10(2,3)15-9(14)13-11(4)5-7-12-8-6-11/h12H,5-8H2,1-4H3,(H,13,14)/i4+1D3. The molecule has 4 nitrogen and oxygen atoms in total. The smallest absolute Gasteiger partial charge is 0.408 e. The number of carbonyl (C=O) groups excluding carboxylic acids is 1. The van der Waals surface area contributed by atoms with Crippen molar-refractivity contribution in [2.24, 2.45) is 0 Å². The molecule has 0 aromatic rings. The maximum Gasteiger partial charge on any atom is 0.408 e. The Balaban J connectivity index is 2.77. The molecule has 0 aliphatic carbocycles. The molecular weight excluding hydrogens is 193 g/mol. The molecule has 0 aromatic heterocycles. The number of hydrogen-bond acceptors (Lipinski definition) is 3. The molecule has 1 rings (SSSR count). The van der Waals surface area contributed by atoms with Crippen molar-refractivity contribution in [1.82, 2.24) is 10.6 Å². The third kappa shape index (κ3) is 4.51. The number of piperidine rings is 1. The van der Waals surface area contributed by atoms with Crippen LogP contribution in [-0.2, 0) is 4.74 Å². The van der Waals surface area contributed by atoms with E-state index in [0.29, 0.717) is 25.9 Å². The van der Waals surface area contributed by atoms with Gasteiger partial charge in [-0.05, 0) is 53.6 Å². The monoisotopic (exact) mass is 218 g/mol. The van der Waals surface area contributed by atoms with E-state index < -0.39 is 24.1 Å². The molecule has 0 spiro atoms. The quantitative estimate of drug-likeness (QED) is 0.658. The number of rotatable bonds is 1. The summed E-state index contributed by atoms with van der Waals surface area (Å²) in [4.78, 5) is 11.8. The third-order valence-electron chi connectivity index (χ3n) is 2.20. The van der Waals surface area contributed by atoms with Crippen LogP contribution in [0.2, 0.25) is 0 Å². The zero-order valence-corrected chi connectivity index (χ0v) is 9.64. The topological polar surface area (TPSA) is 50.4 Å². The van der Waals surface area contributed by atoms with Gasteiger partial charge >= 0.3 is 6.09 Å². The largest absolute Gasteiger partial charge is 0.444 e. The zero-order valence-electron chi connectivity index (χ0n) is 12.6. The highest BCUT2D eigenvalue weighted by molar-refractivity contribution is 5.68. The molecule has 0 saturated carbocycles. The number of ether oxygens (including phenoxy) is 1. The van der Waals surface area contributed by atoms with Crippen molar-refractivity contribution in [2.75, 3.05) is 13.1 Å². The van der Waals surface area contributed by atoms with Crippen LogP contribution in [0.15, 0.2) is 0 Å². The Morgan fingerprint density at radius 3 is 2.53 bits per heavy atom. The van der Waals surface area contributed by atoms with Gasteiger partial charge in [0.15, 0.2) is 0 Å². The Morgan fingerprint density at radius 1 is 1.47 bits per heavy atom. The van der Waals surface area contributed by atoms with Crippen LogP contribution in [0.25, 0.3) is 0 Å². The Kier molecular flexibility index (Phi) is 2.46. The van der Waals surface area contributed by atoms with Crippen LogP contribution >= 0.6 is 0 Å². The second-order valence-electron chi connectivity index (χ2n) is 4.96. The van der Waals surface area contributed by atoms with Gasteiger partial charge in [0.1, 0.15) is 5.60 Å². The van der Waals surface area contributed by atoms with Crippen molar-refractivity contribution in [3.8, 4) is 0 Å². The zero-order chi connectivity index (χ0) is 14.0. The molecule has 0 radical (unpaired) electrons. The van der Waals surface area contributed by atoms with Crippen molar-refractivity contribution in [3.63, 3.8) is 0 Å². The van der Waals surface area contributed by atoms with Crippen LogP contribution in [0.3, 0.4) is 0 Å². The first-order chi connectivity index (χ1) is 8.06. The number of alkyl carbamates (subject to hydrolysis) is 1. The number of nitrogens with one attached hydrogen (secondary N) is 2. The average molecular weight is 218 g/mol. The molecule has 1 amide bonds. The van der Waals surface area contributed by atoms with Crippen LogP contribution in [0.1, 0.15) is 44.6 Å². The fraction of sp³-hybridized carbons (Fsp3) is 0.909. The SMILES string of the molecule is [2H][13C]([2H])([2H])C1(NC(=O)OC(C)(C)C)CCNCC1. The molecule has 15 heavy (non-hydrogen) atoms. The molecule has 0 unspecified atom stereocenters. The highest BCUT2D eigenvalue weighted by Crippen LogP contribution is 2.18. The van der Waals surface area contributed by atoms with E-state index in [4.69, 9.17) is 8.85 Å². The van der Waals surface area contributed by atoms with Crippen LogP contribution in [0, 0.1) is 0 Å². The van der Waals surface area contributed by atoms with E-state index in [1.807, 2.05) is 0 Å². The maximum absolute atomic E-state index is 11.8. The van der Waals surface area contributed by atoms with Crippen LogP contribution < -0.4 is 10.6 Å². The summed E-state index contributed by atoms with van der Waals surface area (Å²) in [6.07, 6.45) is 0.0893. The summed E-state index contributed by atoms with van der Waals surface area (Å²) >= 11 is 0. The first-order valence-corrected chi connectivity index (χ1v) is 5.28. The Labute approximate surface area is 96.0 Å². The predicted molar refractivity (Wildman–Crippen MR) is 59.9 cm³/mol. The average Bonchev–Trinajstić information content (AvgIpc) is 2.13. The van der Waals surface area contributed by atoms with Gasteiger partial charge in [-0.15, -0.1) is 0 Å². The molecule has 1 aliphatic rings.